The van der Waals surface area contributed by atoms with Crippen molar-refractivity contribution in [2.45, 2.75) is 11.3 Å². The Morgan fingerprint density at radius 3 is 2.93 bits per heavy atom. The lowest BCUT2D eigenvalue weighted by Crippen LogP contribution is -2.39. The van der Waals surface area contributed by atoms with Crippen LogP contribution in [-0.4, -0.2) is 29.8 Å². The van der Waals surface area contributed by atoms with Crippen molar-refractivity contribution in [1.29, 1.82) is 0 Å². The van der Waals surface area contributed by atoms with Crippen LogP contribution in [0.4, 0.5) is 5.69 Å². The van der Waals surface area contributed by atoms with Crippen molar-refractivity contribution >= 4 is 23.2 Å². The molecule has 0 bridgehead atoms. The van der Waals surface area contributed by atoms with Crippen molar-refractivity contribution in [3.05, 3.63) is 24.3 Å². The number of carbonyl (C=O) groups excluding carboxylic acids is 1. The van der Waals surface area contributed by atoms with Crippen LogP contribution in [-0.2, 0) is 4.79 Å². The molecule has 15 heavy (non-hydrogen) atoms. The normalized spacial score (nSPS) is 21.1. The molecule has 0 atom stereocenters. The second-order valence-electron chi connectivity index (χ2n) is 3.82. The molecule has 0 unspecified atom stereocenters. The van der Waals surface area contributed by atoms with E-state index in [4.69, 9.17) is 0 Å². The van der Waals surface area contributed by atoms with E-state index in [0.717, 1.165) is 12.4 Å². The predicted octanol–water partition coefficient (Wildman–Crippen LogP) is 1.75. The molecule has 0 aliphatic carbocycles. The fraction of sp³-hybridized carbons (Fsp3) is 0.364. The summed E-state index contributed by atoms with van der Waals surface area (Å²) in [5.74, 6) is 1.29. The molecule has 1 aromatic rings. The molecule has 0 aromatic heterocycles. The van der Waals surface area contributed by atoms with E-state index in [0.29, 0.717) is 18.7 Å². The van der Waals surface area contributed by atoms with Gasteiger partial charge in [-0.25, -0.2) is 5.01 Å². The Bertz CT molecular complexity index is 407. The molecule has 78 valence electrons. The molecule has 0 spiro atoms. The third kappa shape index (κ3) is 1.54. The molecule has 3 nitrogen and oxygen atoms in total. The van der Waals surface area contributed by atoms with Crippen molar-refractivity contribution in [3.8, 4) is 0 Å². The van der Waals surface area contributed by atoms with E-state index in [1.54, 1.807) is 0 Å². The second-order valence-corrected chi connectivity index (χ2v) is 4.80. The van der Waals surface area contributed by atoms with Crippen LogP contribution in [0.5, 0.6) is 0 Å². The van der Waals surface area contributed by atoms with E-state index in [-0.39, 0.29) is 0 Å². The number of nitrogens with zero attached hydrogens (tertiary/aromatic N) is 2. The zero-order chi connectivity index (χ0) is 10.3. The number of fused-ring (bicyclic) bond motifs is 1. The molecule has 1 saturated heterocycles. The number of thioether (sulfide) groups is 1. The topological polar surface area (TPSA) is 23.6 Å². The average molecular weight is 220 g/mol. The van der Waals surface area contributed by atoms with Crippen molar-refractivity contribution < 1.29 is 4.79 Å². The fourth-order valence-electron chi connectivity index (χ4n) is 2.05. The Morgan fingerprint density at radius 2 is 2.13 bits per heavy atom. The van der Waals surface area contributed by atoms with Gasteiger partial charge in [-0.15, -0.1) is 11.8 Å². The highest BCUT2D eigenvalue weighted by atomic mass is 32.2. The largest absolute Gasteiger partial charge is 0.298 e. The van der Waals surface area contributed by atoms with Gasteiger partial charge in [0.2, 0.25) is 0 Å². The predicted molar refractivity (Wildman–Crippen MR) is 60.8 cm³/mol. The van der Waals surface area contributed by atoms with Gasteiger partial charge in [0.05, 0.1) is 18.1 Å². The Balaban J connectivity index is 1.87. The number of anilines is 1. The maximum Gasteiger partial charge on any atom is 0.150 e. The maximum absolute atomic E-state index is 11.2. The van der Waals surface area contributed by atoms with E-state index in [1.165, 1.54) is 10.6 Å². The van der Waals surface area contributed by atoms with Gasteiger partial charge in [-0.3, -0.25) is 9.80 Å². The molecule has 4 heteroatoms. The van der Waals surface area contributed by atoms with Crippen LogP contribution >= 0.6 is 11.8 Å². The number of ketones is 1. The number of hydrazine groups is 1. The summed E-state index contributed by atoms with van der Waals surface area (Å²) >= 11 is 1.84. The van der Waals surface area contributed by atoms with Crippen molar-refractivity contribution in [1.82, 2.24) is 5.01 Å². The monoisotopic (exact) mass is 220 g/mol. The van der Waals surface area contributed by atoms with Gasteiger partial charge >= 0.3 is 0 Å². The summed E-state index contributed by atoms with van der Waals surface area (Å²) in [5, 5.41) is 4.38. The van der Waals surface area contributed by atoms with Gasteiger partial charge in [-0.2, -0.15) is 0 Å². The Labute approximate surface area is 93.0 Å². The molecule has 0 amide bonds. The Hall–Kier alpha value is -1.00. The molecular formula is C11H12N2OS. The molecule has 1 fully saturated rings. The number of para-hydroxylation sites is 1. The van der Waals surface area contributed by atoms with Gasteiger partial charge < -0.3 is 0 Å². The zero-order valence-electron chi connectivity index (χ0n) is 8.35. The summed E-state index contributed by atoms with van der Waals surface area (Å²) in [6, 6.07) is 8.37. The van der Waals surface area contributed by atoms with E-state index < -0.39 is 0 Å². The lowest BCUT2D eigenvalue weighted by Gasteiger charge is -2.28. The van der Waals surface area contributed by atoms with E-state index in [9.17, 15) is 4.79 Å². The lowest BCUT2D eigenvalue weighted by molar-refractivity contribution is -0.116. The second kappa shape index (κ2) is 3.54. The van der Waals surface area contributed by atoms with Crippen LogP contribution in [0.25, 0.3) is 0 Å². The molecule has 3 rings (SSSR count). The number of carbonyl (C=O) groups is 1. The first-order chi connectivity index (χ1) is 7.34. The molecule has 1 aromatic carbocycles. The van der Waals surface area contributed by atoms with Gasteiger partial charge in [-0.05, 0) is 12.1 Å². The maximum atomic E-state index is 11.2. The number of Topliss-reactive ketones (excluding diaryl/α,β-unsaturated/α-hetero) is 1. The Morgan fingerprint density at radius 1 is 1.27 bits per heavy atom. The molecule has 0 saturated carbocycles. The number of benzene rings is 1. The van der Waals surface area contributed by atoms with Gasteiger partial charge in [0.25, 0.3) is 0 Å². The lowest BCUT2D eigenvalue weighted by atomic mass is 10.3. The third-order valence-electron chi connectivity index (χ3n) is 2.83. The summed E-state index contributed by atoms with van der Waals surface area (Å²) in [6.07, 6.45) is 0.698. The van der Waals surface area contributed by atoms with Gasteiger partial charge in [-0.1, -0.05) is 12.1 Å². The molecule has 2 aliphatic rings. The summed E-state index contributed by atoms with van der Waals surface area (Å²) < 4.78 is 0. The first-order valence-electron chi connectivity index (χ1n) is 5.10. The molecular weight excluding hydrogens is 208 g/mol. The molecule has 0 radical (unpaired) electrons. The molecule has 2 aliphatic heterocycles. The van der Waals surface area contributed by atoms with E-state index >= 15 is 0 Å². The van der Waals surface area contributed by atoms with Crippen molar-refractivity contribution in [2.75, 3.05) is 24.0 Å². The van der Waals surface area contributed by atoms with Crippen LogP contribution in [0.2, 0.25) is 0 Å². The van der Waals surface area contributed by atoms with Crippen LogP contribution < -0.4 is 5.01 Å². The summed E-state index contributed by atoms with van der Waals surface area (Å²) in [5.41, 5.74) is 1.25. The fourth-order valence-corrected chi connectivity index (χ4v) is 3.11. The zero-order valence-corrected chi connectivity index (χ0v) is 9.17. The average Bonchev–Trinajstić information content (AvgIpc) is 2.83. The molecule has 0 N–H and O–H groups in total. The van der Waals surface area contributed by atoms with Crippen LogP contribution in [0, 0.1) is 0 Å². The number of hydrogen-bond donors (Lipinski definition) is 0. The van der Waals surface area contributed by atoms with Gasteiger partial charge in [0.15, 0.2) is 0 Å². The Kier molecular flexibility index (Phi) is 2.18. The minimum Gasteiger partial charge on any atom is -0.298 e. The standard InChI is InChI=1S/C11H12N2OS/c14-9-5-6-12(7-9)13-8-15-11-4-2-1-3-10(11)13/h1-4H,5-8H2. The molecule has 2 heterocycles. The van der Waals surface area contributed by atoms with Crippen molar-refractivity contribution in [3.63, 3.8) is 0 Å². The minimum atomic E-state index is 0.351. The van der Waals surface area contributed by atoms with E-state index in [1.807, 2.05) is 11.8 Å². The first-order valence-corrected chi connectivity index (χ1v) is 6.09. The summed E-state index contributed by atoms with van der Waals surface area (Å²) in [6.45, 7) is 1.45. The first kappa shape index (κ1) is 9.24. The van der Waals surface area contributed by atoms with Crippen LogP contribution in [0.15, 0.2) is 29.2 Å². The highest BCUT2D eigenvalue weighted by Crippen LogP contribution is 2.39. The van der Waals surface area contributed by atoms with E-state index in [2.05, 4.69) is 34.3 Å². The minimum absolute atomic E-state index is 0.351. The quantitative estimate of drug-likeness (QED) is 0.719. The summed E-state index contributed by atoms with van der Waals surface area (Å²) in [4.78, 5) is 12.6. The van der Waals surface area contributed by atoms with Crippen LogP contribution in [0.1, 0.15) is 6.42 Å². The SMILES string of the molecule is O=C1CCN(N2CSc3ccccc32)C1. The smallest absolute Gasteiger partial charge is 0.150 e. The number of hydrogen-bond acceptors (Lipinski definition) is 4. The summed E-state index contributed by atoms with van der Waals surface area (Å²) in [7, 11) is 0. The number of rotatable bonds is 1. The third-order valence-corrected chi connectivity index (χ3v) is 3.86. The van der Waals surface area contributed by atoms with Gasteiger partial charge in [0, 0.05) is 17.9 Å². The van der Waals surface area contributed by atoms with Crippen molar-refractivity contribution in [2.24, 2.45) is 0 Å². The highest BCUT2D eigenvalue weighted by Gasteiger charge is 2.29. The van der Waals surface area contributed by atoms with Gasteiger partial charge in [0.1, 0.15) is 5.78 Å². The van der Waals surface area contributed by atoms with Crippen LogP contribution in [0.3, 0.4) is 0 Å². The highest BCUT2D eigenvalue weighted by molar-refractivity contribution is 7.99.